The van der Waals surface area contributed by atoms with E-state index >= 15 is 0 Å². The summed E-state index contributed by atoms with van der Waals surface area (Å²) in [6, 6.07) is 5.42. The minimum atomic E-state index is -0.536. The number of nitrogens with two attached hydrogens (primary N) is 1. The summed E-state index contributed by atoms with van der Waals surface area (Å²) in [5, 5.41) is 7.56. The number of carbonyl (C=O) groups excluding carboxylic acids is 1. The lowest BCUT2D eigenvalue weighted by Crippen LogP contribution is -2.12. The van der Waals surface area contributed by atoms with Gasteiger partial charge in [0.15, 0.2) is 0 Å². The summed E-state index contributed by atoms with van der Waals surface area (Å²) in [6.07, 6.45) is 2.93. The maximum atomic E-state index is 11.0. The zero-order chi connectivity index (χ0) is 14.1. The molecule has 20 heavy (non-hydrogen) atoms. The van der Waals surface area contributed by atoms with Gasteiger partial charge >= 0.3 is 0 Å². The molecule has 0 bridgehead atoms. The molecule has 0 atom stereocenters. The fourth-order valence-electron chi connectivity index (χ4n) is 1.83. The quantitative estimate of drug-likeness (QED) is 0.796. The van der Waals surface area contributed by atoms with E-state index in [1.807, 2.05) is 19.1 Å². The zero-order valence-corrected chi connectivity index (χ0v) is 11.3. The average Bonchev–Trinajstić information content (AvgIpc) is 3.08. The van der Waals surface area contributed by atoms with Gasteiger partial charge in [-0.3, -0.25) is 9.78 Å². The first-order valence-corrected chi connectivity index (χ1v) is 6.60. The van der Waals surface area contributed by atoms with Crippen LogP contribution in [-0.2, 0) is 0 Å². The fraction of sp³-hybridized carbons (Fsp3) is 0.0769. The average molecular weight is 286 g/mol. The molecule has 0 unspecified atom stereocenters. The lowest BCUT2D eigenvalue weighted by Gasteiger charge is -2.00. The van der Waals surface area contributed by atoms with Crippen LogP contribution in [0.4, 0.5) is 0 Å². The van der Waals surface area contributed by atoms with Gasteiger partial charge in [-0.1, -0.05) is 0 Å². The first-order valence-electron chi connectivity index (χ1n) is 5.78. The van der Waals surface area contributed by atoms with Crippen molar-refractivity contribution in [3.05, 3.63) is 42.0 Å². The molecule has 100 valence electrons. The van der Waals surface area contributed by atoms with Crippen molar-refractivity contribution in [3.63, 3.8) is 0 Å². The lowest BCUT2D eigenvalue weighted by atomic mass is 10.1. The van der Waals surface area contributed by atoms with Crippen molar-refractivity contribution in [2.45, 2.75) is 6.92 Å². The smallest absolute Gasteiger partial charge is 0.267 e. The summed E-state index contributed by atoms with van der Waals surface area (Å²) >= 11 is 1.53. The van der Waals surface area contributed by atoms with Crippen LogP contribution in [0.15, 0.2) is 35.2 Å². The highest BCUT2D eigenvalue weighted by molar-refractivity contribution is 7.19. The molecule has 0 aliphatic rings. The molecule has 2 N–H and O–H groups in total. The molecule has 3 rings (SSSR count). The monoisotopic (exact) mass is 286 g/mol. The Labute approximate surface area is 118 Å². The van der Waals surface area contributed by atoms with Crippen molar-refractivity contribution in [3.8, 4) is 21.2 Å². The van der Waals surface area contributed by atoms with Gasteiger partial charge in [0.05, 0.1) is 4.88 Å². The summed E-state index contributed by atoms with van der Waals surface area (Å²) in [6.45, 7) is 1.99. The largest absolute Gasteiger partial charge is 0.423 e. The second kappa shape index (κ2) is 4.86. The van der Waals surface area contributed by atoms with Gasteiger partial charge in [-0.2, -0.15) is 0 Å². The highest BCUT2D eigenvalue weighted by atomic mass is 32.1. The van der Waals surface area contributed by atoms with Gasteiger partial charge in [0, 0.05) is 16.6 Å². The molecule has 3 heterocycles. The second-order valence-corrected chi connectivity index (χ2v) is 5.22. The van der Waals surface area contributed by atoms with Gasteiger partial charge in [0.1, 0.15) is 5.69 Å². The number of carbonyl (C=O) groups is 1. The van der Waals surface area contributed by atoms with Crippen molar-refractivity contribution < 1.29 is 9.21 Å². The Morgan fingerprint density at radius 2 is 2.25 bits per heavy atom. The third kappa shape index (κ3) is 2.19. The van der Waals surface area contributed by atoms with Crippen molar-refractivity contribution in [2.75, 3.05) is 0 Å². The number of hydrogen-bond donors (Lipinski definition) is 1. The Morgan fingerprint density at radius 1 is 1.40 bits per heavy atom. The summed E-state index contributed by atoms with van der Waals surface area (Å²) in [5.74, 6) is -0.0444. The molecule has 0 radical (unpaired) electrons. The highest BCUT2D eigenvalue weighted by Gasteiger charge is 2.13. The molecule has 0 aliphatic heterocycles. The Morgan fingerprint density at radius 3 is 2.85 bits per heavy atom. The number of nitrogens with zero attached hydrogens (tertiary/aromatic N) is 3. The third-order valence-electron chi connectivity index (χ3n) is 2.77. The Bertz CT molecular complexity index is 747. The summed E-state index contributed by atoms with van der Waals surface area (Å²) < 4.78 is 5.19. The number of thiophene rings is 1. The number of primary amides is 1. The maximum absolute atomic E-state index is 11.0. The zero-order valence-electron chi connectivity index (χ0n) is 10.5. The third-order valence-corrected chi connectivity index (χ3v) is 4.04. The van der Waals surface area contributed by atoms with Gasteiger partial charge < -0.3 is 10.2 Å². The first-order chi connectivity index (χ1) is 9.65. The van der Waals surface area contributed by atoms with E-state index in [9.17, 15) is 4.79 Å². The Hall–Kier alpha value is -2.54. The van der Waals surface area contributed by atoms with E-state index in [0.29, 0.717) is 5.89 Å². The second-order valence-electron chi connectivity index (χ2n) is 4.16. The molecule has 6 nitrogen and oxygen atoms in total. The molecule has 3 aromatic rings. The lowest BCUT2D eigenvalue weighted by molar-refractivity contribution is 0.0995. The van der Waals surface area contributed by atoms with E-state index in [1.54, 1.807) is 12.3 Å². The molecule has 0 aromatic carbocycles. The van der Waals surface area contributed by atoms with Crippen LogP contribution in [0.5, 0.6) is 0 Å². The van der Waals surface area contributed by atoms with Crippen LogP contribution in [0.25, 0.3) is 21.2 Å². The maximum Gasteiger partial charge on any atom is 0.267 e. The predicted molar refractivity (Wildman–Crippen MR) is 74.1 cm³/mol. The molecule has 0 saturated heterocycles. The molecular weight excluding hydrogens is 276 g/mol. The van der Waals surface area contributed by atoms with Crippen LogP contribution < -0.4 is 5.73 Å². The van der Waals surface area contributed by atoms with E-state index < -0.39 is 5.91 Å². The number of amides is 1. The number of hydrogen-bond acceptors (Lipinski definition) is 6. The van der Waals surface area contributed by atoms with Gasteiger partial charge in [-0.15, -0.1) is 21.5 Å². The molecule has 0 saturated carbocycles. The van der Waals surface area contributed by atoms with Crippen LogP contribution in [0, 0.1) is 6.92 Å². The molecule has 1 amide bonds. The fourth-order valence-corrected chi connectivity index (χ4v) is 2.92. The normalized spacial score (nSPS) is 10.7. The number of rotatable bonds is 3. The number of pyridine rings is 1. The van der Waals surface area contributed by atoms with Gasteiger partial charge in [0.2, 0.25) is 6.39 Å². The highest BCUT2D eigenvalue weighted by Crippen LogP contribution is 2.36. The van der Waals surface area contributed by atoms with E-state index in [4.69, 9.17) is 10.2 Å². The van der Waals surface area contributed by atoms with Gasteiger partial charge in [-0.25, -0.2) is 0 Å². The summed E-state index contributed by atoms with van der Waals surface area (Å²) in [7, 11) is 0. The standard InChI is InChI=1S/C13H10N4O2S/c1-7-4-10(13-17-16-6-19-13)20-11(7)8-2-3-9(12(14)18)15-5-8/h2-6H,1H3,(H2,14,18). The van der Waals surface area contributed by atoms with Crippen LogP contribution in [0.3, 0.4) is 0 Å². The Kier molecular flexibility index (Phi) is 3.03. The molecule has 3 aromatic heterocycles. The van der Waals surface area contributed by atoms with E-state index in [1.165, 1.54) is 17.7 Å². The van der Waals surface area contributed by atoms with Crippen molar-refractivity contribution in [2.24, 2.45) is 5.73 Å². The van der Waals surface area contributed by atoms with Crippen LogP contribution in [0.1, 0.15) is 16.1 Å². The van der Waals surface area contributed by atoms with Crippen molar-refractivity contribution >= 4 is 17.2 Å². The predicted octanol–water partition coefficient (Wildman–Crippen LogP) is 2.27. The molecule has 0 fully saturated rings. The van der Waals surface area contributed by atoms with E-state index in [0.717, 1.165) is 20.9 Å². The van der Waals surface area contributed by atoms with Crippen LogP contribution in [-0.4, -0.2) is 21.1 Å². The minimum Gasteiger partial charge on any atom is -0.423 e. The van der Waals surface area contributed by atoms with Crippen molar-refractivity contribution in [1.82, 2.24) is 15.2 Å². The number of aromatic nitrogens is 3. The summed E-state index contributed by atoms with van der Waals surface area (Å²) in [4.78, 5) is 17.0. The molecular formula is C13H10N4O2S. The van der Waals surface area contributed by atoms with Crippen molar-refractivity contribution in [1.29, 1.82) is 0 Å². The Balaban J connectivity index is 2.00. The van der Waals surface area contributed by atoms with Crippen LogP contribution >= 0.6 is 11.3 Å². The summed E-state index contributed by atoms with van der Waals surface area (Å²) in [5.41, 5.74) is 7.42. The van der Waals surface area contributed by atoms with Crippen LogP contribution in [0.2, 0.25) is 0 Å². The molecule has 0 aliphatic carbocycles. The first kappa shape index (κ1) is 12.5. The van der Waals surface area contributed by atoms with E-state index in [-0.39, 0.29) is 5.69 Å². The SMILES string of the molecule is Cc1cc(-c2nnco2)sc1-c1ccc(C(N)=O)nc1. The topological polar surface area (TPSA) is 94.9 Å². The number of aryl methyl sites for hydroxylation is 1. The molecule has 7 heteroatoms. The van der Waals surface area contributed by atoms with Gasteiger partial charge in [-0.05, 0) is 30.7 Å². The minimum absolute atomic E-state index is 0.250. The van der Waals surface area contributed by atoms with Gasteiger partial charge in [0.25, 0.3) is 11.8 Å². The van der Waals surface area contributed by atoms with E-state index in [2.05, 4.69) is 15.2 Å². The molecule has 0 spiro atoms.